The predicted molar refractivity (Wildman–Crippen MR) is 80.2 cm³/mol. The van der Waals surface area contributed by atoms with Crippen molar-refractivity contribution >= 4 is 0 Å². The number of hydrogen-bond donors (Lipinski definition) is 0. The third-order valence-corrected chi connectivity index (χ3v) is 3.74. The van der Waals surface area contributed by atoms with Crippen LogP contribution in [0.15, 0.2) is 12.1 Å². The molecule has 0 radical (unpaired) electrons. The quantitative estimate of drug-likeness (QED) is 0.712. The third-order valence-electron chi connectivity index (χ3n) is 3.74. The van der Waals surface area contributed by atoms with Crippen LogP contribution in [0, 0.1) is 12.7 Å². The van der Waals surface area contributed by atoms with Crippen molar-refractivity contribution in [2.45, 2.75) is 52.2 Å². The number of halogens is 1. The van der Waals surface area contributed by atoms with E-state index >= 15 is 0 Å². The van der Waals surface area contributed by atoms with Gasteiger partial charge in [-0.1, -0.05) is 6.92 Å². The maximum Gasteiger partial charge on any atom is 0.157 e. The van der Waals surface area contributed by atoms with Gasteiger partial charge in [0.05, 0.1) is 13.2 Å². The van der Waals surface area contributed by atoms with Crippen LogP contribution in [-0.4, -0.2) is 26.1 Å². The van der Waals surface area contributed by atoms with Gasteiger partial charge in [0.15, 0.2) is 6.29 Å². The second-order valence-electron chi connectivity index (χ2n) is 5.42. The summed E-state index contributed by atoms with van der Waals surface area (Å²) < 4.78 is 30.5. The van der Waals surface area contributed by atoms with E-state index in [1.54, 1.807) is 0 Å². The van der Waals surface area contributed by atoms with Crippen molar-refractivity contribution in [1.29, 1.82) is 0 Å². The first kappa shape index (κ1) is 16.2. The Morgan fingerprint density at radius 1 is 1.29 bits per heavy atom. The standard InChI is InChI=1S/C17H25FO3/c1-3-15-13(2)11-14(12-16(15)18)19-9-6-10-21-17-7-4-5-8-20-17/h11-12,17H,3-10H2,1-2H3. The van der Waals surface area contributed by atoms with Crippen LogP contribution in [0.3, 0.4) is 0 Å². The summed E-state index contributed by atoms with van der Waals surface area (Å²) in [4.78, 5) is 0. The topological polar surface area (TPSA) is 27.7 Å². The van der Waals surface area contributed by atoms with Crippen molar-refractivity contribution in [3.63, 3.8) is 0 Å². The van der Waals surface area contributed by atoms with Gasteiger partial charge in [-0.15, -0.1) is 0 Å². The van der Waals surface area contributed by atoms with Crippen LogP contribution in [-0.2, 0) is 15.9 Å². The van der Waals surface area contributed by atoms with E-state index in [1.165, 1.54) is 12.5 Å². The fourth-order valence-electron chi connectivity index (χ4n) is 2.58. The Morgan fingerprint density at radius 3 is 2.81 bits per heavy atom. The zero-order valence-corrected chi connectivity index (χ0v) is 13.0. The molecule has 0 bridgehead atoms. The van der Waals surface area contributed by atoms with Crippen LogP contribution >= 0.6 is 0 Å². The molecule has 0 amide bonds. The first-order chi connectivity index (χ1) is 10.2. The molecule has 0 aliphatic carbocycles. The molecule has 0 N–H and O–H groups in total. The highest BCUT2D eigenvalue weighted by Gasteiger charge is 2.13. The fourth-order valence-corrected chi connectivity index (χ4v) is 2.58. The van der Waals surface area contributed by atoms with Gasteiger partial charge in [0.2, 0.25) is 0 Å². The number of hydrogen-bond acceptors (Lipinski definition) is 3. The maximum atomic E-state index is 13.8. The van der Waals surface area contributed by atoms with Gasteiger partial charge in [-0.25, -0.2) is 4.39 Å². The Labute approximate surface area is 126 Å². The fraction of sp³-hybridized carbons (Fsp3) is 0.647. The molecule has 1 atom stereocenters. The number of benzene rings is 1. The van der Waals surface area contributed by atoms with E-state index in [-0.39, 0.29) is 12.1 Å². The predicted octanol–water partition coefficient (Wildman–Crippen LogP) is 4.01. The molecule has 1 aliphatic rings. The second kappa shape index (κ2) is 8.35. The average molecular weight is 296 g/mol. The minimum absolute atomic E-state index is 0.0534. The van der Waals surface area contributed by atoms with Gasteiger partial charge in [0, 0.05) is 19.1 Å². The van der Waals surface area contributed by atoms with Crippen molar-refractivity contribution in [3.05, 3.63) is 29.1 Å². The molecular weight excluding hydrogens is 271 g/mol. The zero-order chi connectivity index (χ0) is 15.1. The molecule has 3 nitrogen and oxygen atoms in total. The van der Waals surface area contributed by atoms with Gasteiger partial charge in [0.25, 0.3) is 0 Å². The molecule has 118 valence electrons. The van der Waals surface area contributed by atoms with E-state index in [0.717, 1.165) is 37.0 Å². The second-order valence-corrected chi connectivity index (χ2v) is 5.42. The van der Waals surface area contributed by atoms with Crippen molar-refractivity contribution in [2.75, 3.05) is 19.8 Å². The van der Waals surface area contributed by atoms with E-state index in [1.807, 2.05) is 19.9 Å². The van der Waals surface area contributed by atoms with Gasteiger partial charge in [-0.2, -0.15) is 0 Å². The third kappa shape index (κ3) is 4.97. The number of rotatable bonds is 7. The molecule has 1 saturated heterocycles. The number of ether oxygens (including phenoxy) is 3. The van der Waals surface area contributed by atoms with Crippen LogP contribution < -0.4 is 4.74 Å². The van der Waals surface area contributed by atoms with E-state index in [9.17, 15) is 4.39 Å². The summed E-state index contributed by atoms with van der Waals surface area (Å²) in [6, 6.07) is 3.37. The van der Waals surface area contributed by atoms with Crippen LogP contribution in [0.1, 0.15) is 43.7 Å². The first-order valence-electron chi connectivity index (χ1n) is 7.85. The Balaban J connectivity index is 1.68. The Bertz CT molecular complexity index is 419. The summed E-state index contributed by atoms with van der Waals surface area (Å²) in [5.41, 5.74) is 1.71. The SMILES string of the molecule is CCc1c(C)cc(OCCCOC2CCCCO2)cc1F. The van der Waals surface area contributed by atoms with Crippen molar-refractivity contribution in [1.82, 2.24) is 0 Å². The van der Waals surface area contributed by atoms with Crippen LogP contribution in [0.5, 0.6) is 5.75 Å². The average Bonchev–Trinajstić information content (AvgIpc) is 2.48. The van der Waals surface area contributed by atoms with Crippen LogP contribution in [0.25, 0.3) is 0 Å². The molecular formula is C17H25FO3. The van der Waals surface area contributed by atoms with E-state index in [4.69, 9.17) is 14.2 Å². The van der Waals surface area contributed by atoms with E-state index < -0.39 is 0 Å². The highest BCUT2D eigenvalue weighted by Crippen LogP contribution is 2.22. The molecule has 1 heterocycles. The lowest BCUT2D eigenvalue weighted by molar-refractivity contribution is -0.163. The Morgan fingerprint density at radius 2 is 2.14 bits per heavy atom. The molecule has 0 saturated carbocycles. The minimum atomic E-state index is -0.181. The molecule has 2 rings (SSSR count). The lowest BCUT2D eigenvalue weighted by Gasteiger charge is -2.22. The highest BCUT2D eigenvalue weighted by molar-refractivity contribution is 5.36. The molecule has 4 heteroatoms. The first-order valence-corrected chi connectivity index (χ1v) is 7.85. The molecule has 21 heavy (non-hydrogen) atoms. The molecule has 1 unspecified atom stereocenters. The summed E-state index contributed by atoms with van der Waals surface area (Å²) in [5, 5.41) is 0. The lowest BCUT2D eigenvalue weighted by atomic mass is 10.1. The van der Waals surface area contributed by atoms with Crippen molar-refractivity contribution in [3.8, 4) is 5.75 Å². The summed E-state index contributed by atoms with van der Waals surface area (Å²) >= 11 is 0. The lowest BCUT2D eigenvalue weighted by Crippen LogP contribution is -2.23. The molecule has 1 fully saturated rings. The van der Waals surface area contributed by atoms with E-state index in [2.05, 4.69) is 0 Å². The molecule has 1 aliphatic heterocycles. The molecule has 1 aromatic rings. The Kier molecular flexibility index (Phi) is 6.46. The highest BCUT2D eigenvalue weighted by atomic mass is 19.1. The Hall–Kier alpha value is -1.13. The normalized spacial score (nSPS) is 18.7. The summed E-state index contributed by atoms with van der Waals surface area (Å²) in [6.07, 6.45) is 4.69. The van der Waals surface area contributed by atoms with Gasteiger partial charge < -0.3 is 14.2 Å². The minimum Gasteiger partial charge on any atom is -0.493 e. The van der Waals surface area contributed by atoms with Crippen molar-refractivity contribution in [2.24, 2.45) is 0 Å². The van der Waals surface area contributed by atoms with Gasteiger partial charge in [-0.3, -0.25) is 0 Å². The summed E-state index contributed by atoms with van der Waals surface area (Å²) in [7, 11) is 0. The smallest absolute Gasteiger partial charge is 0.157 e. The van der Waals surface area contributed by atoms with Gasteiger partial charge in [0.1, 0.15) is 11.6 Å². The molecule has 1 aromatic carbocycles. The largest absolute Gasteiger partial charge is 0.493 e. The molecule has 0 aromatic heterocycles. The van der Waals surface area contributed by atoms with Crippen LogP contribution in [0.2, 0.25) is 0 Å². The zero-order valence-electron chi connectivity index (χ0n) is 13.0. The van der Waals surface area contributed by atoms with Gasteiger partial charge in [-0.05, 0) is 49.8 Å². The number of aryl methyl sites for hydroxylation is 1. The van der Waals surface area contributed by atoms with E-state index in [0.29, 0.717) is 25.4 Å². The van der Waals surface area contributed by atoms with Crippen molar-refractivity contribution < 1.29 is 18.6 Å². The summed E-state index contributed by atoms with van der Waals surface area (Å²) in [5.74, 6) is 0.412. The monoisotopic (exact) mass is 296 g/mol. The maximum absolute atomic E-state index is 13.8. The summed E-state index contributed by atoms with van der Waals surface area (Å²) in [6.45, 7) is 5.80. The van der Waals surface area contributed by atoms with Gasteiger partial charge >= 0.3 is 0 Å². The van der Waals surface area contributed by atoms with Crippen LogP contribution in [0.4, 0.5) is 4.39 Å². The molecule has 0 spiro atoms.